The number of hydrogen-bond acceptors (Lipinski definition) is 5. The van der Waals surface area contributed by atoms with Gasteiger partial charge in [0.1, 0.15) is 0 Å². The lowest BCUT2D eigenvalue weighted by molar-refractivity contribution is 0.653. The predicted octanol–water partition coefficient (Wildman–Crippen LogP) is 4.57. The lowest BCUT2D eigenvalue weighted by atomic mass is 10.0. The van der Waals surface area contributed by atoms with Crippen LogP contribution in [0.3, 0.4) is 0 Å². The fourth-order valence-electron chi connectivity index (χ4n) is 3.81. The second-order valence-corrected chi connectivity index (χ2v) is 7.38. The summed E-state index contributed by atoms with van der Waals surface area (Å²) in [4.78, 5) is 17.7. The third-order valence-electron chi connectivity index (χ3n) is 5.52. The van der Waals surface area contributed by atoms with E-state index in [2.05, 4.69) is 69.2 Å². The molecule has 1 aliphatic heterocycles. The van der Waals surface area contributed by atoms with Crippen molar-refractivity contribution in [1.29, 1.82) is 0 Å². The molecule has 2 aromatic heterocycles. The average Bonchev–Trinajstić information content (AvgIpc) is 2.83. The van der Waals surface area contributed by atoms with Gasteiger partial charge in [0.15, 0.2) is 0 Å². The van der Waals surface area contributed by atoms with Crippen LogP contribution < -0.4 is 9.80 Å². The molecule has 0 unspecified atom stereocenters. The molecule has 0 aliphatic carbocycles. The molecule has 0 spiro atoms. The summed E-state index contributed by atoms with van der Waals surface area (Å²) < 4.78 is 0. The van der Waals surface area contributed by atoms with Gasteiger partial charge in [0, 0.05) is 69.3 Å². The molecule has 1 saturated heterocycles. The molecule has 3 heterocycles. The van der Waals surface area contributed by atoms with E-state index in [-0.39, 0.29) is 0 Å². The highest BCUT2D eigenvalue weighted by atomic mass is 15.3. The van der Waals surface area contributed by atoms with E-state index in [9.17, 15) is 0 Å². The maximum Gasteiger partial charge on any atom is 0.0935 e. The van der Waals surface area contributed by atoms with Gasteiger partial charge in [-0.1, -0.05) is 24.3 Å². The van der Waals surface area contributed by atoms with Gasteiger partial charge in [-0.2, -0.15) is 0 Å². The Morgan fingerprint density at radius 2 is 1.60 bits per heavy atom. The van der Waals surface area contributed by atoms with Crippen molar-refractivity contribution >= 4 is 23.2 Å². The van der Waals surface area contributed by atoms with Crippen molar-refractivity contribution in [2.45, 2.75) is 6.92 Å². The molecular weight excluding hydrogens is 370 g/mol. The van der Waals surface area contributed by atoms with E-state index in [1.54, 1.807) is 7.05 Å². The second kappa shape index (κ2) is 9.35. The first-order valence-electron chi connectivity index (χ1n) is 10.3. The van der Waals surface area contributed by atoms with Crippen molar-refractivity contribution in [3.05, 3.63) is 78.8 Å². The number of aliphatic imine (C=N–C) groups is 1. The standard InChI is InChI=1S/C25H27N5/c1-20(9-13-26-2)21-5-7-22(8-6-21)25-24(4-3-12-28-25)30-18-16-29(17-19-30)23-10-14-27-15-11-23/h3-15H,16-19H2,1-2H3/b20-9+,26-13?. The van der Waals surface area contributed by atoms with Crippen molar-refractivity contribution in [1.82, 2.24) is 9.97 Å². The molecular formula is C25H27N5. The van der Waals surface area contributed by atoms with Gasteiger partial charge in [-0.05, 0) is 48.4 Å². The second-order valence-electron chi connectivity index (χ2n) is 7.38. The monoisotopic (exact) mass is 397 g/mol. The number of rotatable bonds is 5. The quantitative estimate of drug-likeness (QED) is 0.592. The number of anilines is 2. The Bertz CT molecular complexity index is 1020. The van der Waals surface area contributed by atoms with Crippen LogP contribution in [0.25, 0.3) is 16.8 Å². The van der Waals surface area contributed by atoms with Crippen LogP contribution in [0.1, 0.15) is 12.5 Å². The zero-order chi connectivity index (χ0) is 20.8. The number of pyridine rings is 2. The number of piperazine rings is 1. The summed E-state index contributed by atoms with van der Waals surface area (Å²) >= 11 is 0. The minimum atomic E-state index is 0.970. The number of aromatic nitrogens is 2. The van der Waals surface area contributed by atoms with E-state index in [0.717, 1.165) is 37.4 Å². The Labute approximate surface area is 178 Å². The average molecular weight is 398 g/mol. The molecule has 1 fully saturated rings. The summed E-state index contributed by atoms with van der Waals surface area (Å²) in [7, 11) is 1.78. The van der Waals surface area contributed by atoms with E-state index in [4.69, 9.17) is 4.98 Å². The molecule has 152 valence electrons. The fraction of sp³-hybridized carbons (Fsp3) is 0.240. The maximum atomic E-state index is 4.73. The maximum absolute atomic E-state index is 4.73. The van der Waals surface area contributed by atoms with Gasteiger partial charge in [-0.3, -0.25) is 15.0 Å². The molecule has 0 atom stereocenters. The van der Waals surface area contributed by atoms with Crippen molar-refractivity contribution in [2.24, 2.45) is 4.99 Å². The molecule has 1 aliphatic rings. The molecule has 0 radical (unpaired) electrons. The summed E-state index contributed by atoms with van der Waals surface area (Å²) in [6, 6.07) is 17.0. The Morgan fingerprint density at radius 1 is 0.900 bits per heavy atom. The van der Waals surface area contributed by atoms with E-state index >= 15 is 0 Å². The van der Waals surface area contributed by atoms with Crippen LogP contribution in [0.15, 0.2) is 78.2 Å². The molecule has 30 heavy (non-hydrogen) atoms. The molecule has 0 N–H and O–H groups in total. The van der Waals surface area contributed by atoms with Gasteiger partial charge < -0.3 is 9.80 Å². The van der Waals surface area contributed by atoms with Gasteiger partial charge in [0.2, 0.25) is 0 Å². The van der Waals surface area contributed by atoms with E-state index in [1.807, 2.05) is 36.9 Å². The highest BCUT2D eigenvalue weighted by Crippen LogP contribution is 2.30. The van der Waals surface area contributed by atoms with Crippen molar-refractivity contribution < 1.29 is 0 Å². The first kappa shape index (κ1) is 19.8. The van der Waals surface area contributed by atoms with Gasteiger partial charge in [0.25, 0.3) is 0 Å². The van der Waals surface area contributed by atoms with Crippen LogP contribution in [0, 0.1) is 0 Å². The Hall–Kier alpha value is -3.47. The highest BCUT2D eigenvalue weighted by Gasteiger charge is 2.20. The minimum absolute atomic E-state index is 0.970. The molecule has 5 heteroatoms. The van der Waals surface area contributed by atoms with Gasteiger partial charge in [-0.15, -0.1) is 0 Å². The van der Waals surface area contributed by atoms with Crippen molar-refractivity contribution in [3.8, 4) is 11.3 Å². The molecule has 5 nitrogen and oxygen atoms in total. The summed E-state index contributed by atoms with van der Waals surface area (Å²) in [5.74, 6) is 0. The number of benzene rings is 1. The molecule has 3 aromatic rings. The van der Waals surface area contributed by atoms with Crippen molar-refractivity contribution in [3.63, 3.8) is 0 Å². The fourth-order valence-corrected chi connectivity index (χ4v) is 3.81. The molecule has 0 bridgehead atoms. The number of nitrogens with zero attached hydrogens (tertiary/aromatic N) is 5. The van der Waals surface area contributed by atoms with Gasteiger partial charge in [-0.25, -0.2) is 0 Å². The summed E-state index contributed by atoms with van der Waals surface area (Å²) in [6.07, 6.45) is 9.45. The molecule has 0 amide bonds. The third-order valence-corrected chi connectivity index (χ3v) is 5.52. The molecule has 0 saturated carbocycles. The lowest BCUT2D eigenvalue weighted by Crippen LogP contribution is -2.46. The van der Waals surface area contributed by atoms with Crippen LogP contribution in [0.2, 0.25) is 0 Å². The highest BCUT2D eigenvalue weighted by molar-refractivity contribution is 5.84. The van der Waals surface area contributed by atoms with Crippen LogP contribution in [-0.2, 0) is 0 Å². The SMILES string of the molecule is CN=C/C=C(\C)c1ccc(-c2ncccc2N2CCN(c3ccncc3)CC2)cc1. The Balaban J connectivity index is 1.52. The normalized spacial score (nSPS) is 15.1. The zero-order valence-electron chi connectivity index (χ0n) is 17.6. The summed E-state index contributed by atoms with van der Waals surface area (Å²) in [6.45, 7) is 6.01. The lowest BCUT2D eigenvalue weighted by Gasteiger charge is -2.37. The molecule has 1 aromatic carbocycles. The first-order valence-corrected chi connectivity index (χ1v) is 10.3. The smallest absolute Gasteiger partial charge is 0.0935 e. The first-order chi connectivity index (χ1) is 14.8. The molecule has 4 rings (SSSR count). The van der Waals surface area contributed by atoms with E-state index in [0.29, 0.717) is 0 Å². The van der Waals surface area contributed by atoms with Crippen LogP contribution in [-0.4, -0.2) is 49.4 Å². The van der Waals surface area contributed by atoms with Crippen LogP contribution in [0.5, 0.6) is 0 Å². The minimum Gasteiger partial charge on any atom is -0.368 e. The van der Waals surface area contributed by atoms with Crippen molar-refractivity contribution in [2.75, 3.05) is 43.0 Å². The third kappa shape index (κ3) is 4.40. The summed E-state index contributed by atoms with van der Waals surface area (Å²) in [5.41, 5.74) is 7.01. The summed E-state index contributed by atoms with van der Waals surface area (Å²) in [5, 5.41) is 0. The topological polar surface area (TPSA) is 44.6 Å². The van der Waals surface area contributed by atoms with E-state index in [1.165, 1.54) is 22.5 Å². The number of allylic oxidation sites excluding steroid dienone is 2. The zero-order valence-corrected chi connectivity index (χ0v) is 17.6. The Kier molecular flexibility index (Phi) is 6.18. The van der Waals surface area contributed by atoms with Gasteiger partial charge >= 0.3 is 0 Å². The van der Waals surface area contributed by atoms with Gasteiger partial charge in [0.05, 0.1) is 11.4 Å². The van der Waals surface area contributed by atoms with Crippen LogP contribution in [0.4, 0.5) is 11.4 Å². The van der Waals surface area contributed by atoms with Crippen LogP contribution >= 0.6 is 0 Å². The largest absolute Gasteiger partial charge is 0.368 e. The van der Waals surface area contributed by atoms with E-state index < -0.39 is 0 Å². The number of hydrogen-bond donors (Lipinski definition) is 0. The Morgan fingerprint density at radius 3 is 2.30 bits per heavy atom. The predicted molar refractivity (Wildman–Crippen MR) is 126 cm³/mol.